The normalized spacial score (nSPS) is 13.4. The van der Waals surface area contributed by atoms with E-state index in [1.807, 2.05) is 12.1 Å². The number of carbonyl (C=O) groups excluding carboxylic acids is 1. The maximum atomic E-state index is 11.8. The van der Waals surface area contributed by atoms with E-state index < -0.39 is 6.04 Å². The minimum atomic E-state index is -0.458. The number of rotatable bonds is 4. The Bertz CT molecular complexity index is 343. The van der Waals surface area contributed by atoms with Crippen molar-refractivity contribution in [1.82, 2.24) is 9.88 Å². The Balaban J connectivity index is 0.00000256. The molecule has 2 N–H and O–H groups in total. The lowest BCUT2D eigenvalue weighted by molar-refractivity contribution is -0.133. The summed E-state index contributed by atoms with van der Waals surface area (Å²) in [6.07, 6.45) is 4.34. The van der Waals surface area contributed by atoms with Gasteiger partial charge in [0, 0.05) is 19.4 Å². The van der Waals surface area contributed by atoms with Crippen LogP contribution in [-0.2, 0) is 4.79 Å². The highest BCUT2D eigenvalue weighted by molar-refractivity contribution is 5.85. The van der Waals surface area contributed by atoms with Crippen molar-refractivity contribution in [2.45, 2.75) is 32.4 Å². The molecular formula is C12H20ClN3O. The zero-order valence-electron chi connectivity index (χ0n) is 10.5. The third-order valence-corrected chi connectivity index (χ3v) is 2.68. The smallest absolute Gasteiger partial charge is 0.239 e. The lowest BCUT2D eigenvalue weighted by Gasteiger charge is -2.29. The molecule has 0 saturated carbocycles. The number of hydrogen-bond acceptors (Lipinski definition) is 3. The fourth-order valence-electron chi connectivity index (χ4n) is 1.79. The zero-order chi connectivity index (χ0) is 12.1. The highest BCUT2D eigenvalue weighted by Crippen LogP contribution is 2.22. The first-order valence-corrected chi connectivity index (χ1v) is 5.50. The molecule has 0 spiro atoms. The number of pyridine rings is 1. The van der Waals surface area contributed by atoms with E-state index in [9.17, 15) is 4.79 Å². The molecule has 4 nitrogen and oxygen atoms in total. The number of likely N-dealkylation sites (N-methyl/N-ethyl adjacent to an activating group) is 1. The average Bonchev–Trinajstić information content (AvgIpc) is 2.30. The van der Waals surface area contributed by atoms with Crippen LogP contribution in [-0.4, -0.2) is 28.9 Å². The molecule has 1 aromatic rings. The average molecular weight is 258 g/mol. The number of halogens is 1. The van der Waals surface area contributed by atoms with Crippen LogP contribution >= 0.6 is 12.4 Å². The summed E-state index contributed by atoms with van der Waals surface area (Å²) in [5, 5.41) is 0. The summed E-state index contributed by atoms with van der Waals surface area (Å²) in [7, 11) is 1.79. The number of nitrogens with zero attached hydrogens (tertiary/aromatic N) is 2. The van der Waals surface area contributed by atoms with Crippen LogP contribution in [0.15, 0.2) is 24.5 Å². The fraction of sp³-hybridized carbons (Fsp3) is 0.500. The summed E-state index contributed by atoms with van der Waals surface area (Å²) in [4.78, 5) is 17.5. The van der Waals surface area contributed by atoms with Crippen molar-refractivity contribution >= 4 is 18.3 Å². The second kappa shape index (κ2) is 7.25. The van der Waals surface area contributed by atoms with E-state index in [1.54, 1.807) is 31.3 Å². The molecule has 1 heterocycles. The zero-order valence-corrected chi connectivity index (χ0v) is 11.3. The van der Waals surface area contributed by atoms with Crippen LogP contribution in [0.3, 0.4) is 0 Å². The highest BCUT2D eigenvalue weighted by Gasteiger charge is 2.21. The summed E-state index contributed by atoms with van der Waals surface area (Å²) in [6, 6.07) is 3.47. The number of aromatic nitrogens is 1. The molecule has 0 aliphatic rings. The van der Waals surface area contributed by atoms with Crippen molar-refractivity contribution in [3.8, 4) is 0 Å². The van der Waals surface area contributed by atoms with Gasteiger partial charge in [0.2, 0.25) is 5.91 Å². The van der Waals surface area contributed by atoms with E-state index in [0.29, 0.717) is 0 Å². The van der Waals surface area contributed by atoms with Gasteiger partial charge in [0.25, 0.3) is 0 Å². The lowest BCUT2D eigenvalue weighted by Crippen LogP contribution is -2.41. The standard InChI is InChI=1S/C12H19N3O.ClH/c1-4-11(10-5-7-14-8-6-10)15(3)12(16)9(2)13;/h5-9,11H,4,13H2,1-3H3;1H/t9-,11?;/m1./s1. The Kier molecular flexibility index (Phi) is 6.76. The Morgan fingerprint density at radius 2 is 2.00 bits per heavy atom. The Labute approximate surface area is 109 Å². The topological polar surface area (TPSA) is 59.2 Å². The van der Waals surface area contributed by atoms with Crippen LogP contribution in [0.5, 0.6) is 0 Å². The minimum Gasteiger partial charge on any atom is -0.337 e. The van der Waals surface area contributed by atoms with Crippen molar-refractivity contribution in [1.29, 1.82) is 0 Å². The van der Waals surface area contributed by atoms with Gasteiger partial charge < -0.3 is 10.6 Å². The molecule has 1 amide bonds. The lowest BCUT2D eigenvalue weighted by atomic mass is 10.0. The molecule has 1 rings (SSSR count). The van der Waals surface area contributed by atoms with Gasteiger partial charge in [-0.3, -0.25) is 9.78 Å². The van der Waals surface area contributed by atoms with E-state index in [4.69, 9.17) is 5.73 Å². The summed E-state index contributed by atoms with van der Waals surface area (Å²) in [5.41, 5.74) is 6.70. The monoisotopic (exact) mass is 257 g/mol. The fourth-order valence-corrected chi connectivity index (χ4v) is 1.79. The SMILES string of the molecule is CCC(c1ccncc1)N(C)C(=O)[C@@H](C)N.Cl. The molecule has 0 radical (unpaired) electrons. The van der Waals surface area contributed by atoms with Crippen molar-refractivity contribution in [2.24, 2.45) is 5.73 Å². The highest BCUT2D eigenvalue weighted by atomic mass is 35.5. The number of nitrogens with two attached hydrogens (primary N) is 1. The van der Waals surface area contributed by atoms with E-state index in [0.717, 1.165) is 12.0 Å². The first-order chi connectivity index (χ1) is 7.57. The largest absolute Gasteiger partial charge is 0.337 e. The first kappa shape index (κ1) is 15.9. The van der Waals surface area contributed by atoms with Crippen LogP contribution < -0.4 is 5.73 Å². The third-order valence-electron chi connectivity index (χ3n) is 2.68. The van der Waals surface area contributed by atoms with Gasteiger partial charge in [-0.05, 0) is 31.0 Å². The second-order valence-corrected chi connectivity index (χ2v) is 3.94. The van der Waals surface area contributed by atoms with Gasteiger partial charge in [0.15, 0.2) is 0 Å². The Hall–Kier alpha value is -1.13. The predicted octanol–water partition coefficient (Wildman–Crippen LogP) is 1.76. The summed E-state index contributed by atoms with van der Waals surface area (Å²) in [5.74, 6) is -0.0383. The first-order valence-electron chi connectivity index (χ1n) is 5.50. The summed E-state index contributed by atoms with van der Waals surface area (Å²) >= 11 is 0. The molecule has 1 aromatic heterocycles. The maximum Gasteiger partial charge on any atom is 0.239 e. The minimum absolute atomic E-state index is 0. The quantitative estimate of drug-likeness (QED) is 0.894. The van der Waals surface area contributed by atoms with Gasteiger partial charge in [0.05, 0.1) is 12.1 Å². The molecule has 17 heavy (non-hydrogen) atoms. The van der Waals surface area contributed by atoms with Crippen LogP contribution in [0.4, 0.5) is 0 Å². The summed E-state index contributed by atoms with van der Waals surface area (Å²) < 4.78 is 0. The van der Waals surface area contributed by atoms with Gasteiger partial charge in [0.1, 0.15) is 0 Å². The van der Waals surface area contributed by atoms with E-state index in [1.165, 1.54) is 0 Å². The molecule has 0 aliphatic carbocycles. The third kappa shape index (κ3) is 3.98. The molecule has 0 aliphatic heterocycles. The summed E-state index contributed by atoms with van der Waals surface area (Å²) in [6.45, 7) is 3.76. The predicted molar refractivity (Wildman–Crippen MR) is 70.9 cm³/mol. The molecule has 0 fully saturated rings. The second-order valence-electron chi connectivity index (χ2n) is 3.94. The maximum absolute atomic E-state index is 11.8. The van der Waals surface area contributed by atoms with Gasteiger partial charge in [-0.25, -0.2) is 0 Å². The van der Waals surface area contributed by atoms with Crippen molar-refractivity contribution in [2.75, 3.05) is 7.05 Å². The molecule has 1 unspecified atom stereocenters. The number of hydrogen-bond donors (Lipinski definition) is 1. The molecular weight excluding hydrogens is 238 g/mol. The van der Waals surface area contributed by atoms with E-state index in [2.05, 4.69) is 11.9 Å². The van der Waals surface area contributed by atoms with Gasteiger partial charge in [-0.2, -0.15) is 0 Å². The molecule has 96 valence electrons. The number of amides is 1. The number of carbonyl (C=O) groups is 1. The van der Waals surface area contributed by atoms with E-state index >= 15 is 0 Å². The Morgan fingerprint density at radius 3 is 2.41 bits per heavy atom. The molecule has 2 atom stereocenters. The molecule has 0 bridgehead atoms. The molecule has 0 aromatic carbocycles. The van der Waals surface area contributed by atoms with Gasteiger partial charge in [-0.15, -0.1) is 12.4 Å². The van der Waals surface area contributed by atoms with Crippen LogP contribution in [0, 0.1) is 0 Å². The van der Waals surface area contributed by atoms with Gasteiger partial charge in [-0.1, -0.05) is 6.92 Å². The van der Waals surface area contributed by atoms with Crippen molar-refractivity contribution in [3.63, 3.8) is 0 Å². The van der Waals surface area contributed by atoms with Crippen molar-refractivity contribution in [3.05, 3.63) is 30.1 Å². The van der Waals surface area contributed by atoms with E-state index in [-0.39, 0.29) is 24.4 Å². The molecule has 5 heteroatoms. The van der Waals surface area contributed by atoms with Crippen LogP contribution in [0.25, 0.3) is 0 Å². The van der Waals surface area contributed by atoms with Crippen LogP contribution in [0.1, 0.15) is 31.9 Å². The Morgan fingerprint density at radius 1 is 1.47 bits per heavy atom. The van der Waals surface area contributed by atoms with Crippen molar-refractivity contribution < 1.29 is 4.79 Å². The van der Waals surface area contributed by atoms with Crippen LogP contribution in [0.2, 0.25) is 0 Å². The van der Waals surface area contributed by atoms with Gasteiger partial charge >= 0.3 is 0 Å². The molecule has 0 saturated heterocycles.